The fraction of sp³-hybridized carbons (Fsp3) is 0.452. The molecule has 105 heavy (non-hydrogen) atoms. The number of aromatic nitrogens is 9. The van der Waals surface area contributed by atoms with Crippen molar-refractivity contribution in [3.05, 3.63) is 207 Å². The Morgan fingerprint density at radius 1 is 0.286 bits per heavy atom. The monoisotopic (exact) mass is 1430 g/mol. The predicted octanol–water partition coefficient (Wildman–Crippen LogP) is 24.3. The average molecular weight is 1430 g/mol. The number of benzene rings is 7. The Kier molecular flexibility index (Phi) is 24.0. The lowest BCUT2D eigenvalue weighted by molar-refractivity contribution is -0.728. The number of rotatable bonds is 0. The zero-order valence-electron chi connectivity index (χ0n) is 72.7. The Morgan fingerprint density at radius 2 is 0.648 bits per heavy atom. The second kappa shape index (κ2) is 30.7. The molecule has 7 aromatic heterocycles. The van der Waals surface area contributed by atoms with Crippen molar-refractivity contribution >= 4 is 86.8 Å². The molecule has 0 aliphatic carbocycles. The molecule has 7 aromatic carbocycles. The first-order chi connectivity index (χ1) is 48.7. The summed E-state index contributed by atoms with van der Waals surface area (Å²) in [6.07, 6.45) is 0. The summed E-state index contributed by atoms with van der Waals surface area (Å²) in [7, 11) is 10.5. The van der Waals surface area contributed by atoms with E-state index < -0.39 is 0 Å². The highest BCUT2D eigenvalue weighted by molar-refractivity contribution is 7.13. The van der Waals surface area contributed by atoms with Gasteiger partial charge < -0.3 is 13.5 Å². The molecule has 0 saturated carbocycles. The standard InChI is InChI=1S/C15H21N.C14H21N2.C14H18O.2C13H18N2.C12H15NO.C12H15NS/c1-8-9(2)11(4)15-13(6)16(7)12(5)14(15)10(8)3;1-8-9(2)11(4)14-13(10(8)3)12(5)15(6)16(14)7;1-7-8(2)10(4)14-12(6)15-11(5)13(14)9(7)3;1-7-8(2)10(4)13-12(9(7)3)11(5)15(6)14-13;1-7-8(2)10(4)13-12(9(7)3)11(5)14-15(13)6;2*1-6-7(2)9(4)12-11(8(6)3)10(5)13-14-12/h2*1-7H3;3*1-6H3;2*1-5H3/q;+1;;;;;. The molecular weight excluding hydrogens is 1310 g/mol. The van der Waals surface area contributed by atoms with Crippen LogP contribution in [0.15, 0.2) is 8.94 Å². The maximum Gasteiger partial charge on any atom is 0.241 e. The van der Waals surface area contributed by atoms with Crippen LogP contribution in [0.4, 0.5) is 0 Å². The van der Waals surface area contributed by atoms with Gasteiger partial charge >= 0.3 is 0 Å². The first-order valence-electron chi connectivity index (χ1n) is 37.5. The summed E-state index contributed by atoms with van der Waals surface area (Å²) in [6, 6.07) is 0. The Hall–Kier alpha value is -8.61. The van der Waals surface area contributed by atoms with E-state index in [1.54, 1.807) is 11.5 Å². The van der Waals surface area contributed by atoms with Gasteiger partial charge in [0.25, 0.3) is 0 Å². The van der Waals surface area contributed by atoms with Gasteiger partial charge in [-0.1, -0.05) is 5.16 Å². The van der Waals surface area contributed by atoms with Crippen LogP contribution >= 0.6 is 11.5 Å². The first-order valence-corrected chi connectivity index (χ1v) is 38.3. The third kappa shape index (κ3) is 13.8. The van der Waals surface area contributed by atoms with Gasteiger partial charge in [-0.25, -0.2) is 0 Å². The molecule has 0 saturated heterocycles. The molecule has 0 spiro atoms. The van der Waals surface area contributed by atoms with Crippen LogP contribution in [0.5, 0.6) is 0 Å². The average Bonchev–Trinajstić information content (AvgIpc) is 1.70. The van der Waals surface area contributed by atoms with Crippen LogP contribution < -0.4 is 4.68 Å². The van der Waals surface area contributed by atoms with Gasteiger partial charge in [0.05, 0.1) is 50.9 Å². The van der Waals surface area contributed by atoms with Gasteiger partial charge in [0.2, 0.25) is 5.52 Å². The summed E-state index contributed by atoms with van der Waals surface area (Å²) in [5, 5.41) is 25.3. The molecule has 0 unspecified atom stereocenters. The van der Waals surface area contributed by atoms with E-state index in [2.05, 4.69) is 304 Å². The molecule has 0 fully saturated rings. The molecule has 0 amide bonds. The SMILES string of the molecule is Cc1c(C)c(C)c2c(C)n(C)c(C)c2c1C.Cc1c(C)c(C)c2c(C)n(C)nc2c1C.Cc1c(C)c(C)c2c(C)noc2c1C.Cc1c(C)c(C)c2c(C)nsc2c1C.Cc1c(C)c(C)c2c(C)oc(C)c2c1C.Cc1c(C)c(C)c2c(c(C)nn2C)c1C.Cc1c(C)c(C)c2c(c1C)c(C)n(C)[n+]2C. The molecule has 0 aliphatic heterocycles. The molecule has 0 aliphatic rings. The minimum absolute atomic E-state index is 0.947. The molecule has 12 heteroatoms. The molecule has 14 rings (SSSR count). The van der Waals surface area contributed by atoms with Gasteiger partial charge in [0.1, 0.15) is 11.5 Å². The van der Waals surface area contributed by atoms with Crippen LogP contribution in [-0.4, -0.2) is 38.3 Å². The van der Waals surface area contributed by atoms with E-state index in [-0.39, 0.29) is 0 Å². The summed E-state index contributed by atoms with van der Waals surface area (Å²) in [4.78, 5) is 0. The van der Waals surface area contributed by atoms with Crippen molar-refractivity contribution in [3.63, 3.8) is 0 Å². The van der Waals surface area contributed by atoms with E-state index >= 15 is 0 Å². The van der Waals surface area contributed by atoms with E-state index in [1.165, 1.54) is 248 Å². The van der Waals surface area contributed by atoms with E-state index in [0.29, 0.717) is 0 Å². The summed E-state index contributed by atoms with van der Waals surface area (Å²) in [6.45, 7) is 80.5. The van der Waals surface area contributed by atoms with Gasteiger partial charge in [-0.3, -0.25) is 9.36 Å². The molecule has 14 aromatic rings. The molecule has 0 bridgehead atoms. The van der Waals surface area contributed by atoms with Crippen molar-refractivity contribution in [1.82, 2.24) is 38.3 Å². The Morgan fingerprint density at radius 3 is 1.11 bits per heavy atom. The number of hydrogen-bond acceptors (Lipinski definition) is 7. The van der Waals surface area contributed by atoms with Crippen LogP contribution in [0, 0.1) is 256 Å². The number of hydrogen-bond donors (Lipinski definition) is 0. The van der Waals surface area contributed by atoms with Crippen LogP contribution in [0.25, 0.3) is 75.3 Å². The number of aryl methyl sites for hydroxylation is 26. The lowest BCUT2D eigenvalue weighted by Gasteiger charge is -2.12. The zero-order valence-corrected chi connectivity index (χ0v) is 73.6. The minimum Gasteiger partial charge on any atom is -0.465 e. The number of nitrogens with zero attached hydrogens (tertiary/aromatic N) is 9. The molecule has 0 atom stereocenters. The van der Waals surface area contributed by atoms with Crippen LogP contribution in [0.1, 0.15) is 207 Å². The smallest absolute Gasteiger partial charge is 0.241 e. The predicted molar refractivity (Wildman–Crippen MR) is 454 cm³/mol. The third-order valence-corrected chi connectivity index (χ3v) is 27.4. The maximum absolute atomic E-state index is 5.74. The molecule has 0 radical (unpaired) electrons. The highest BCUT2D eigenvalue weighted by Gasteiger charge is 2.25. The van der Waals surface area contributed by atoms with Crippen LogP contribution in [0.2, 0.25) is 0 Å². The normalized spacial score (nSPS) is 11.3. The maximum atomic E-state index is 5.74. The van der Waals surface area contributed by atoms with Gasteiger partial charge in [0, 0.05) is 86.9 Å². The second-order valence-corrected chi connectivity index (χ2v) is 31.9. The van der Waals surface area contributed by atoms with Crippen molar-refractivity contribution < 1.29 is 13.6 Å². The lowest BCUT2D eigenvalue weighted by Crippen LogP contribution is -2.38. The van der Waals surface area contributed by atoms with Crippen LogP contribution in [-0.2, 0) is 35.2 Å². The van der Waals surface area contributed by atoms with Crippen LogP contribution in [0.3, 0.4) is 0 Å². The van der Waals surface area contributed by atoms with E-state index in [1.807, 2.05) is 30.4 Å². The zero-order chi connectivity index (χ0) is 79.3. The highest BCUT2D eigenvalue weighted by atomic mass is 32.1. The highest BCUT2D eigenvalue weighted by Crippen LogP contribution is 2.40. The van der Waals surface area contributed by atoms with E-state index in [9.17, 15) is 0 Å². The third-order valence-electron chi connectivity index (χ3n) is 26.3. The van der Waals surface area contributed by atoms with Crippen molar-refractivity contribution in [1.29, 1.82) is 0 Å². The summed E-state index contributed by atoms with van der Waals surface area (Å²) in [5.74, 6) is 2.09. The topological polar surface area (TPSA) is 101 Å². The second-order valence-electron chi connectivity index (χ2n) is 31.1. The minimum atomic E-state index is 0.947. The fourth-order valence-electron chi connectivity index (χ4n) is 16.7. The van der Waals surface area contributed by atoms with Gasteiger partial charge in [0.15, 0.2) is 12.6 Å². The Labute approximate surface area is 633 Å². The van der Waals surface area contributed by atoms with E-state index in [4.69, 9.17) is 8.94 Å². The van der Waals surface area contributed by atoms with Crippen molar-refractivity contribution in [3.8, 4) is 0 Å². The quantitative estimate of drug-likeness (QED) is 0.140. The summed E-state index contributed by atoms with van der Waals surface area (Å²) < 4.78 is 27.6. The van der Waals surface area contributed by atoms with Crippen molar-refractivity contribution in [2.45, 2.75) is 256 Å². The molecular formula is C93H126N9O2S+. The van der Waals surface area contributed by atoms with Crippen molar-refractivity contribution in [2.75, 3.05) is 0 Å². The molecule has 0 N–H and O–H groups in total. The van der Waals surface area contributed by atoms with Crippen molar-refractivity contribution in [2.24, 2.45) is 35.2 Å². The van der Waals surface area contributed by atoms with Gasteiger partial charge in [-0.05, 0) is 418 Å². The number of furan rings is 1. The lowest BCUT2D eigenvalue weighted by atomic mass is 9.92. The molecule has 560 valence electrons. The number of fused-ring (bicyclic) bond motifs is 7. The van der Waals surface area contributed by atoms with E-state index in [0.717, 1.165) is 34.0 Å². The Bertz CT molecular complexity index is 5310. The Balaban J connectivity index is 0.000000155. The largest absolute Gasteiger partial charge is 0.465 e. The van der Waals surface area contributed by atoms with Gasteiger partial charge in [-0.15, -0.1) is 4.68 Å². The summed E-state index contributed by atoms with van der Waals surface area (Å²) >= 11 is 1.63. The fourth-order valence-corrected chi connectivity index (χ4v) is 17.7. The van der Waals surface area contributed by atoms with Gasteiger partial charge in [-0.2, -0.15) is 19.3 Å². The molecule has 7 heterocycles. The molecule has 11 nitrogen and oxygen atoms in total. The summed E-state index contributed by atoms with van der Waals surface area (Å²) in [5.41, 5.74) is 52.2. The first kappa shape index (κ1) is 82.1.